The maximum atomic E-state index is 9.32. The Bertz CT molecular complexity index is 1130. The summed E-state index contributed by atoms with van der Waals surface area (Å²) >= 11 is 0. The molecule has 4 aromatic carbocycles. The van der Waals surface area contributed by atoms with E-state index in [9.17, 15) is 5.26 Å². The lowest BCUT2D eigenvalue weighted by atomic mass is 9.91. The molecule has 0 saturated heterocycles. The Morgan fingerprint density at radius 3 is 2.32 bits per heavy atom. The summed E-state index contributed by atoms with van der Waals surface area (Å²) in [5, 5.41) is 14.0. The molecule has 4 rings (SSSR count). The molecule has 0 bridgehead atoms. The lowest BCUT2D eigenvalue weighted by molar-refractivity contribution is 0.415. The lowest BCUT2D eigenvalue weighted by Gasteiger charge is -2.12. The first-order valence-electron chi connectivity index (χ1n) is 8.21. The second-order valence-corrected chi connectivity index (χ2v) is 6.25. The van der Waals surface area contributed by atoms with Gasteiger partial charge in [0.15, 0.2) is 0 Å². The summed E-state index contributed by atoms with van der Waals surface area (Å²) < 4.78 is 5.27. The summed E-state index contributed by atoms with van der Waals surface area (Å²) in [6.07, 6.45) is 0. The van der Waals surface area contributed by atoms with Crippen LogP contribution in [0.2, 0.25) is 0 Å². The maximum Gasteiger partial charge on any atom is 0.118 e. The lowest BCUT2D eigenvalue weighted by Crippen LogP contribution is -1.88. The molecule has 0 unspecified atom stereocenters. The third kappa shape index (κ3) is 2.60. The summed E-state index contributed by atoms with van der Waals surface area (Å²) in [5.41, 5.74) is 4.15. The molecule has 0 aliphatic carbocycles. The van der Waals surface area contributed by atoms with Crippen LogP contribution in [0.3, 0.4) is 0 Å². The number of aryl methyl sites for hydroxylation is 1. The van der Waals surface area contributed by atoms with Crippen LogP contribution < -0.4 is 4.74 Å². The van der Waals surface area contributed by atoms with Crippen molar-refractivity contribution in [2.45, 2.75) is 6.92 Å². The smallest absolute Gasteiger partial charge is 0.118 e. The highest BCUT2D eigenvalue weighted by molar-refractivity contribution is 6.14. The predicted molar refractivity (Wildman–Crippen MR) is 103 cm³/mol. The summed E-state index contributed by atoms with van der Waals surface area (Å²) in [4.78, 5) is 0. The minimum atomic E-state index is 0.675. The average molecular weight is 323 g/mol. The zero-order chi connectivity index (χ0) is 17.4. The number of fused-ring (bicyclic) bond motifs is 3. The summed E-state index contributed by atoms with van der Waals surface area (Å²) in [5.74, 6) is 0.835. The van der Waals surface area contributed by atoms with E-state index in [2.05, 4.69) is 55.5 Å². The molecule has 0 N–H and O–H groups in total. The van der Waals surface area contributed by atoms with Crippen molar-refractivity contribution in [3.63, 3.8) is 0 Å². The van der Waals surface area contributed by atoms with Gasteiger partial charge in [-0.1, -0.05) is 42.0 Å². The number of benzene rings is 4. The molecule has 4 aromatic rings. The highest BCUT2D eigenvalue weighted by Gasteiger charge is 2.10. The molecule has 0 spiro atoms. The summed E-state index contributed by atoms with van der Waals surface area (Å²) in [7, 11) is 1.67. The van der Waals surface area contributed by atoms with E-state index < -0.39 is 0 Å². The van der Waals surface area contributed by atoms with Crippen LogP contribution in [0.4, 0.5) is 0 Å². The second-order valence-electron chi connectivity index (χ2n) is 6.25. The Labute approximate surface area is 146 Å². The summed E-state index contributed by atoms with van der Waals surface area (Å²) in [6, 6.07) is 25.0. The monoisotopic (exact) mass is 323 g/mol. The molecule has 120 valence electrons. The minimum Gasteiger partial charge on any atom is -0.497 e. The normalized spacial score (nSPS) is 10.8. The van der Waals surface area contributed by atoms with Crippen molar-refractivity contribution in [3.05, 3.63) is 77.9 Å². The molecular weight excluding hydrogens is 306 g/mol. The molecule has 0 heterocycles. The molecule has 25 heavy (non-hydrogen) atoms. The molecular formula is C23H17NO. The van der Waals surface area contributed by atoms with Crippen molar-refractivity contribution in [3.8, 4) is 22.9 Å². The van der Waals surface area contributed by atoms with E-state index in [1.807, 2.05) is 24.3 Å². The number of ether oxygens (including phenoxy) is 1. The van der Waals surface area contributed by atoms with Gasteiger partial charge in [-0.3, -0.25) is 0 Å². The molecule has 0 aromatic heterocycles. The van der Waals surface area contributed by atoms with Crippen LogP contribution in [0.25, 0.3) is 32.7 Å². The number of rotatable bonds is 2. The first kappa shape index (κ1) is 15.2. The Morgan fingerprint density at radius 1 is 0.800 bits per heavy atom. The zero-order valence-corrected chi connectivity index (χ0v) is 14.2. The van der Waals surface area contributed by atoms with Gasteiger partial charge in [0.25, 0.3) is 0 Å². The van der Waals surface area contributed by atoms with E-state index >= 15 is 0 Å². The van der Waals surface area contributed by atoms with Gasteiger partial charge in [-0.15, -0.1) is 0 Å². The maximum absolute atomic E-state index is 9.32. The van der Waals surface area contributed by atoms with Crippen LogP contribution >= 0.6 is 0 Å². The van der Waals surface area contributed by atoms with Crippen LogP contribution in [0, 0.1) is 18.3 Å². The van der Waals surface area contributed by atoms with E-state index in [1.54, 1.807) is 7.11 Å². The Hall–Kier alpha value is -3.31. The van der Waals surface area contributed by atoms with Gasteiger partial charge < -0.3 is 4.74 Å². The van der Waals surface area contributed by atoms with Gasteiger partial charge in [0.1, 0.15) is 5.75 Å². The first-order valence-corrected chi connectivity index (χ1v) is 8.21. The first-order chi connectivity index (χ1) is 12.2. The van der Waals surface area contributed by atoms with E-state index in [-0.39, 0.29) is 0 Å². The highest BCUT2D eigenvalue weighted by Crippen LogP contribution is 2.36. The Kier molecular flexibility index (Phi) is 3.63. The van der Waals surface area contributed by atoms with Crippen LogP contribution in [-0.4, -0.2) is 7.11 Å². The van der Waals surface area contributed by atoms with Crippen LogP contribution in [0.5, 0.6) is 5.75 Å². The predicted octanol–water partition coefficient (Wildman–Crippen LogP) is 5.85. The van der Waals surface area contributed by atoms with Crippen LogP contribution in [0.1, 0.15) is 11.1 Å². The molecule has 2 nitrogen and oxygen atoms in total. The SMILES string of the molecule is COc1ccc(-c2cc3ccc(C)cc3c3ccc(C#N)cc23)cc1. The zero-order valence-electron chi connectivity index (χ0n) is 14.2. The number of hydrogen-bond acceptors (Lipinski definition) is 2. The fraction of sp³-hybridized carbons (Fsp3) is 0.0870. The molecule has 0 amide bonds. The van der Waals surface area contributed by atoms with Crippen molar-refractivity contribution < 1.29 is 4.74 Å². The van der Waals surface area contributed by atoms with Gasteiger partial charge in [-0.2, -0.15) is 5.26 Å². The second kappa shape index (κ2) is 5.96. The third-order valence-electron chi connectivity index (χ3n) is 4.64. The van der Waals surface area contributed by atoms with Crippen LogP contribution in [-0.2, 0) is 0 Å². The summed E-state index contributed by atoms with van der Waals surface area (Å²) in [6.45, 7) is 2.10. The van der Waals surface area contributed by atoms with Crippen molar-refractivity contribution in [2.75, 3.05) is 7.11 Å². The molecule has 2 heteroatoms. The van der Waals surface area contributed by atoms with E-state index in [0.717, 1.165) is 22.3 Å². The van der Waals surface area contributed by atoms with E-state index in [4.69, 9.17) is 4.74 Å². The minimum absolute atomic E-state index is 0.675. The quantitative estimate of drug-likeness (QED) is 0.434. The average Bonchev–Trinajstić information content (AvgIpc) is 2.67. The van der Waals surface area contributed by atoms with E-state index in [0.29, 0.717) is 5.56 Å². The fourth-order valence-electron chi connectivity index (χ4n) is 3.34. The number of nitriles is 1. The molecule has 0 atom stereocenters. The molecule has 0 radical (unpaired) electrons. The van der Waals surface area contributed by atoms with Crippen LogP contribution in [0.15, 0.2) is 66.7 Å². The number of hydrogen-bond donors (Lipinski definition) is 0. The number of nitrogens with zero attached hydrogens (tertiary/aromatic N) is 1. The largest absolute Gasteiger partial charge is 0.497 e. The van der Waals surface area contributed by atoms with Gasteiger partial charge in [-0.05, 0) is 69.9 Å². The van der Waals surface area contributed by atoms with Crippen molar-refractivity contribution >= 4 is 21.5 Å². The van der Waals surface area contributed by atoms with Crippen molar-refractivity contribution in [1.82, 2.24) is 0 Å². The van der Waals surface area contributed by atoms with E-state index in [1.165, 1.54) is 21.7 Å². The molecule has 0 aliphatic rings. The number of methoxy groups -OCH3 is 1. The van der Waals surface area contributed by atoms with Gasteiger partial charge in [0.05, 0.1) is 18.7 Å². The van der Waals surface area contributed by atoms with Gasteiger partial charge in [0, 0.05) is 0 Å². The Balaban J connectivity index is 2.09. The van der Waals surface area contributed by atoms with Gasteiger partial charge >= 0.3 is 0 Å². The third-order valence-corrected chi connectivity index (χ3v) is 4.64. The van der Waals surface area contributed by atoms with Crippen molar-refractivity contribution in [1.29, 1.82) is 5.26 Å². The molecule has 0 fully saturated rings. The molecule has 0 aliphatic heterocycles. The Morgan fingerprint density at radius 2 is 1.60 bits per heavy atom. The topological polar surface area (TPSA) is 33.0 Å². The van der Waals surface area contributed by atoms with Gasteiger partial charge in [-0.25, -0.2) is 0 Å². The van der Waals surface area contributed by atoms with Gasteiger partial charge in [0.2, 0.25) is 0 Å². The fourth-order valence-corrected chi connectivity index (χ4v) is 3.34. The van der Waals surface area contributed by atoms with Crippen molar-refractivity contribution in [2.24, 2.45) is 0 Å². The highest BCUT2D eigenvalue weighted by atomic mass is 16.5. The molecule has 0 saturated carbocycles. The standard InChI is InChI=1S/C23H17NO/c1-15-3-5-18-13-22(17-6-8-19(25-2)9-7-17)23-12-16(14-24)4-10-20(23)21(18)11-15/h3-13H,1-2H3.